The third-order valence-electron chi connectivity index (χ3n) is 4.02. The molecule has 1 amide bonds. The lowest BCUT2D eigenvalue weighted by Crippen LogP contribution is -2.30. The number of anilines is 1. The number of methoxy groups -OCH3 is 1. The molecule has 0 radical (unpaired) electrons. The number of aryl methyl sites for hydroxylation is 1. The third kappa shape index (κ3) is 4.83. The monoisotopic (exact) mass is 383 g/mol. The SMILES string of the molecule is CCc1ccc(O[C@@H](C)C(=O)Nc2nc(-c3ccc(OC)cc3)ns2)cc1. The van der Waals surface area contributed by atoms with Gasteiger partial charge in [0.15, 0.2) is 11.9 Å². The molecule has 3 rings (SSSR count). The van der Waals surface area contributed by atoms with E-state index in [2.05, 4.69) is 21.6 Å². The number of carbonyl (C=O) groups excluding carboxylic acids is 1. The summed E-state index contributed by atoms with van der Waals surface area (Å²) in [6.07, 6.45) is 0.315. The minimum atomic E-state index is -0.647. The van der Waals surface area contributed by atoms with Crippen molar-refractivity contribution < 1.29 is 14.3 Å². The number of hydrogen-bond donors (Lipinski definition) is 1. The van der Waals surface area contributed by atoms with Gasteiger partial charge in [-0.15, -0.1) is 0 Å². The minimum Gasteiger partial charge on any atom is -0.497 e. The van der Waals surface area contributed by atoms with Gasteiger partial charge < -0.3 is 9.47 Å². The Bertz CT molecular complexity index is 892. The van der Waals surface area contributed by atoms with E-state index in [1.807, 2.05) is 48.5 Å². The molecule has 1 N–H and O–H groups in total. The summed E-state index contributed by atoms with van der Waals surface area (Å²) in [7, 11) is 1.62. The van der Waals surface area contributed by atoms with Crippen molar-refractivity contribution in [1.82, 2.24) is 9.36 Å². The van der Waals surface area contributed by atoms with Crippen molar-refractivity contribution in [1.29, 1.82) is 0 Å². The molecule has 3 aromatic rings. The first-order chi connectivity index (χ1) is 13.1. The summed E-state index contributed by atoms with van der Waals surface area (Å²) in [5.41, 5.74) is 2.08. The lowest BCUT2D eigenvalue weighted by molar-refractivity contribution is -0.122. The highest BCUT2D eigenvalue weighted by Crippen LogP contribution is 2.23. The van der Waals surface area contributed by atoms with Crippen LogP contribution in [0.25, 0.3) is 11.4 Å². The molecule has 1 aromatic heterocycles. The molecule has 0 bridgehead atoms. The Hall–Kier alpha value is -2.93. The smallest absolute Gasteiger partial charge is 0.266 e. The van der Waals surface area contributed by atoms with Crippen LogP contribution in [-0.4, -0.2) is 28.5 Å². The maximum atomic E-state index is 12.4. The van der Waals surface area contributed by atoms with Gasteiger partial charge in [-0.1, -0.05) is 19.1 Å². The van der Waals surface area contributed by atoms with Gasteiger partial charge in [0.05, 0.1) is 7.11 Å². The van der Waals surface area contributed by atoms with Crippen LogP contribution >= 0.6 is 11.5 Å². The van der Waals surface area contributed by atoms with E-state index in [0.29, 0.717) is 16.7 Å². The molecule has 0 fully saturated rings. The Labute approximate surface area is 162 Å². The van der Waals surface area contributed by atoms with E-state index < -0.39 is 6.10 Å². The predicted octanol–water partition coefficient (Wildman–Crippen LogP) is 4.18. The van der Waals surface area contributed by atoms with Crippen molar-refractivity contribution in [3.63, 3.8) is 0 Å². The van der Waals surface area contributed by atoms with Crippen LogP contribution < -0.4 is 14.8 Å². The predicted molar refractivity (Wildman–Crippen MR) is 106 cm³/mol. The number of nitrogens with zero attached hydrogens (tertiary/aromatic N) is 2. The first-order valence-corrected chi connectivity index (χ1v) is 9.41. The topological polar surface area (TPSA) is 73.3 Å². The molecular weight excluding hydrogens is 362 g/mol. The summed E-state index contributed by atoms with van der Waals surface area (Å²) >= 11 is 1.13. The van der Waals surface area contributed by atoms with Gasteiger partial charge >= 0.3 is 0 Å². The van der Waals surface area contributed by atoms with E-state index in [4.69, 9.17) is 9.47 Å². The summed E-state index contributed by atoms with van der Waals surface area (Å²) in [6.45, 7) is 3.79. The van der Waals surface area contributed by atoms with E-state index in [0.717, 1.165) is 29.3 Å². The van der Waals surface area contributed by atoms with Crippen LogP contribution in [-0.2, 0) is 11.2 Å². The normalized spacial score (nSPS) is 11.7. The molecule has 27 heavy (non-hydrogen) atoms. The maximum absolute atomic E-state index is 12.4. The number of carbonyl (C=O) groups is 1. The molecule has 0 aliphatic heterocycles. The van der Waals surface area contributed by atoms with Gasteiger partial charge in [-0.05, 0) is 55.3 Å². The number of hydrogen-bond acceptors (Lipinski definition) is 6. The molecule has 1 heterocycles. The first kappa shape index (κ1) is 18.8. The average molecular weight is 383 g/mol. The quantitative estimate of drug-likeness (QED) is 0.662. The summed E-state index contributed by atoms with van der Waals surface area (Å²) in [4.78, 5) is 16.7. The summed E-state index contributed by atoms with van der Waals surface area (Å²) in [6, 6.07) is 15.2. The molecule has 0 unspecified atom stereocenters. The number of amides is 1. The van der Waals surface area contributed by atoms with E-state index in [-0.39, 0.29) is 5.91 Å². The van der Waals surface area contributed by atoms with Crippen LogP contribution in [0.3, 0.4) is 0 Å². The highest BCUT2D eigenvalue weighted by atomic mass is 32.1. The van der Waals surface area contributed by atoms with Crippen molar-refractivity contribution in [3.8, 4) is 22.9 Å². The molecule has 2 aromatic carbocycles. The van der Waals surface area contributed by atoms with Crippen LogP contribution in [0.15, 0.2) is 48.5 Å². The first-order valence-electron chi connectivity index (χ1n) is 8.63. The summed E-state index contributed by atoms with van der Waals surface area (Å²) < 4.78 is 15.1. The van der Waals surface area contributed by atoms with E-state index in [1.54, 1.807) is 14.0 Å². The van der Waals surface area contributed by atoms with Gasteiger partial charge in [0, 0.05) is 17.1 Å². The zero-order chi connectivity index (χ0) is 19.2. The second-order valence-corrected chi connectivity index (χ2v) is 6.65. The van der Waals surface area contributed by atoms with Crippen molar-refractivity contribution in [2.24, 2.45) is 0 Å². The Morgan fingerprint density at radius 1 is 1.11 bits per heavy atom. The fourth-order valence-electron chi connectivity index (χ4n) is 2.40. The maximum Gasteiger partial charge on any atom is 0.266 e. The third-order valence-corrected chi connectivity index (χ3v) is 4.65. The van der Waals surface area contributed by atoms with Crippen molar-refractivity contribution >= 4 is 22.6 Å². The molecule has 0 saturated carbocycles. The van der Waals surface area contributed by atoms with Crippen molar-refractivity contribution in [2.45, 2.75) is 26.4 Å². The molecule has 0 saturated heterocycles. The number of nitrogens with one attached hydrogen (secondary N) is 1. The van der Waals surface area contributed by atoms with Crippen LogP contribution in [0.1, 0.15) is 19.4 Å². The molecule has 1 atom stereocenters. The minimum absolute atomic E-state index is 0.271. The van der Waals surface area contributed by atoms with Gasteiger partial charge in [0.25, 0.3) is 5.91 Å². The number of ether oxygens (including phenoxy) is 2. The van der Waals surface area contributed by atoms with Gasteiger partial charge in [0.2, 0.25) is 5.13 Å². The fraction of sp³-hybridized carbons (Fsp3) is 0.250. The Morgan fingerprint density at radius 3 is 2.41 bits per heavy atom. The summed E-state index contributed by atoms with van der Waals surface area (Å²) in [5.74, 6) is 1.71. The zero-order valence-electron chi connectivity index (χ0n) is 15.4. The molecule has 140 valence electrons. The van der Waals surface area contributed by atoms with Gasteiger partial charge in [0.1, 0.15) is 11.5 Å². The van der Waals surface area contributed by atoms with E-state index in [1.165, 1.54) is 5.56 Å². The molecule has 0 aliphatic carbocycles. The molecule has 7 heteroatoms. The van der Waals surface area contributed by atoms with Crippen LogP contribution in [0.5, 0.6) is 11.5 Å². The van der Waals surface area contributed by atoms with Gasteiger partial charge in [-0.3, -0.25) is 10.1 Å². The highest BCUT2D eigenvalue weighted by molar-refractivity contribution is 7.10. The van der Waals surface area contributed by atoms with Crippen LogP contribution in [0.4, 0.5) is 5.13 Å². The van der Waals surface area contributed by atoms with E-state index >= 15 is 0 Å². The van der Waals surface area contributed by atoms with Crippen LogP contribution in [0.2, 0.25) is 0 Å². The van der Waals surface area contributed by atoms with Crippen LogP contribution in [0, 0.1) is 0 Å². The Balaban J connectivity index is 1.60. The van der Waals surface area contributed by atoms with Gasteiger partial charge in [-0.2, -0.15) is 9.36 Å². The number of rotatable bonds is 7. The highest BCUT2D eigenvalue weighted by Gasteiger charge is 2.17. The lowest BCUT2D eigenvalue weighted by Gasteiger charge is -2.13. The molecular formula is C20H21N3O3S. The lowest BCUT2D eigenvalue weighted by atomic mass is 10.2. The Morgan fingerprint density at radius 2 is 1.78 bits per heavy atom. The van der Waals surface area contributed by atoms with Gasteiger partial charge in [-0.25, -0.2) is 0 Å². The fourth-order valence-corrected chi connectivity index (χ4v) is 2.99. The van der Waals surface area contributed by atoms with E-state index in [9.17, 15) is 4.79 Å². The van der Waals surface area contributed by atoms with Crippen molar-refractivity contribution in [3.05, 3.63) is 54.1 Å². The molecule has 0 aliphatic rings. The average Bonchev–Trinajstić information content (AvgIpc) is 3.17. The number of aromatic nitrogens is 2. The summed E-state index contributed by atoms with van der Waals surface area (Å²) in [5, 5.41) is 3.19. The standard InChI is InChI=1S/C20H21N3O3S/c1-4-14-5-9-17(10-6-14)26-13(2)19(24)22-20-21-18(23-27-20)15-7-11-16(25-3)12-8-15/h5-13H,4H2,1-3H3,(H,21,22,23,24)/t13-/m0/s1. The second kappa shape index (κ2) is 8.64. The Kier molecular flexibility index (Phi) is 6.03. The second-order valence-electron chi connectivity index (χ2n) is 5.90. The largest absolute Gasteiger partial charge is 0.497 e. The zero-order valence-corrected chi connectivity index (χ0v) is 16.2. The van der Waals surface area contributed by atoms with Crippen molar-refractivity contribution in [2.75, 3.05) is 12.4 Å². The molecule has 0 spiro atoms. The number of benzene rings is 2. The molecule has 6 nitrogen and oxygen atoms in total.